The number of esters is 2. The van der Waals surface area contributed by atoms with Crippen LogP contribution in [0.25, 0.3) is 11.2 Å². The van der Waals surface area contributed by atoms with Gasteiger partial charge in [0, 0.05) is 50.7 Å². The van der Waals surface area contributed by atoms with E-state index in [4.69, 9.17) is 25.8 Å². The number of amides is 1. The van der Waals surface area contributed by atoms with Crippen LogP contribution in [0.5, 0.6) is 5.75 Å². The van der Waals surface area contributed by atoms with E-state index in [-0.39, 0.29) is 41.6 Å². The molecule has 1 atom stereocenters. The normalized spacial score (nSPS) is 12.2. The molecule has 244 valence electrons. The van der Waals surface area contributed by atoms with Crippen LogP contribution in [0.3, 0.4) is 0 Å². The molecule has 3 rings (SSSR count). The second-order valence-corrected chi connectivity index (χ2v) is 13.0. The number of halogens is 1. The van der Waals surface area contributed by atoms with Crippen LogP contribution in [0.15, 0.2) is 18.5 Å². The molecule has 0 radical (unpaired) electrons. The molecule has 0 spiro atoms. The lowest BCUT2D eigenvalue weighted by atomic mass is 9.78. The van der Waals surface area contributed by atoms with Crippen LogP contribution >= 0.6 is 23.4 Å². The maximum absolute atomic E-state index is 13.0. The van der Waals surface area contributed by atoms with Gasteiger partial charge in [-0.05, 0) is 55.5 Å². The van der Waals surface area contributed by atoms with E-state index in [0.29, 0.717) is 42.1 Å². The van der Waals surface area contributed by atoms with Crippen molar-refractivity contribution in [3.05, 3.63) is 40.4 Å². The molecule has 3 aromatic rings. The first kappa shape index (κ1) is 35.9. The first-order chi connectivity index (χ1) is 21.2. The number of thioether (sulfide) groups is 1. The molecule has 1 unspecified atom stereocenters. The predicted molar refractivity (Wildman–Crippen MR) is 173 cm³/mol. The van der Waals surface area contributed by atoms with Crippen molar-refractivity contribution < 1.29 is 33.4 Å². The summed E-state index contributed by atoms with van der Waals surface area (Å²) in [5.41, 5.74) is 2.79. The van der Waals surface area contributed by atoms with Crippen molar-refractivity contribution in [3.8, 4) is 5.75 Å². The van der Waals surface area contributed by atoms with E-state index < -0.39 is 23.5 Å². The summed E-state index contributed by atoms with van der Waals surface area (Å²) < 4.78 is 18.4. The number of imidazole rings is 1. The molecule has 1 N–H and O–H groups in total. The van der Waals surface area contributed by atoms with Crippen LogP contribution < -0.4 is 10.1 Å². The van der Waals surface area contributed by atoms with Crippen LogP contribution in [0.4, 0.5) is 5.82 Å². The number of anilines is 1. The van der Waals surface area contributed by atoms with Crippen molar-refractivity contribution in [1.29, 1.82) is 0 Å². The minimum Gasteiger partial charge on any atom is -0.463 e. The zero-order chi connectivity index (χ0) is 33.3. The van der Waals surface area contributed by atoms with Gasteiger partial charge in [0.25, 0.3) is 0 Å². The van der Waals surface area contributed by atoms with Crippen LogP contribution in [0.1, 0.15) is 70.1 Å². The van der Waals surface area contributed by atoms with Crippen molar-refractivity contribution in [3.63, 3.8) is 0 Å². The average Bonchev–Trinajstić information content (AvgIpc) is 3.32. The monoisotopic (exact) mass is 661 g/mol. The van der Waals surface area contributed by atoms with Gasteiger partial charge < -0.3 is 24.1 Å². The summed E-state index contributed by atoms with van der Waals surface area (Å²) >= 11 is 7.33. The first-order valence-electron chi connectivity index (χ1n) is 14.5. The minimum atomic E-state index is -0.669. The van der Waals surface area contributed by atoms with Gasteiger partial charge in [-0.15, -0.1) is 0 Å². The number of carbonyl (C=O) groups is 4. The number of aromatic nitrogens is 4. The maximum atomic E-state index is 13.0. The van der Waals surface area contributed by atoms with E-state index in [0.717, 1.165) is 16.7 Å². The lowest BCUT2D eigenvalue weighted by Crippen LogP contribution is -2.28. The number of methoxy groups -OCH3 is 1. The van der Waals surface area contributed by atoms with Crippen LogP contribution in [-0.4, -0.2) is 68.1 Å². The molecule has 0 fully saturated rings. The summed E-state index contributed by atoms with van der Waals surface area (Å²) in [7, 11) is 1.54. The number of rotatable bonds is 15. The quantitative estimate of drug-likeness (QED) is 0.0973. The van der Waals surface area contributed by atoms with Crippen molar-refractivity contribution in [2.75, 3.05) is 24.8 Å². The molecule has 45 heavy (non-hydrogen) atoms. The van der Waals surface area contributed by atoms with Gasteiger partial charge in [0.2, 0.25) is 11.2 Å². The molecular weight excluding hydrogens is 622 g/mol. The molecule has 1 amide bonds. The highest BCUT2D eigenvalue weighted by Crippen LogP contribution is 2.38. The molecule has 0 saturated carbocycles. The van der Waals surface area contributed by atoms with E-state index in [1.807, 2.05) is 33.8 Å². The molecule has 0 aliphatic carbocycles. The number of fused-ring (bicyclic) bond motifs is 1. The summed E-state index contributed by atoms with van der Waals surface area (Å²) in [4.78, 5) is 61.0. The number of benzene rings is 1. The van der Waals surface area contributed by atoms with E-state index in [1.54, 1.807) is 17.0 Å². The molecule has 1 aromatic carbocycles. The predicted octanol–water partition coefficient (Wildman–Crippen LogP) is 5.34. The third kappa shape index (κ3) is 10.5. The number of carbonyl (C=O) groups excluding carboxylic acids is 4. The molecule has 0 aliphatic rings. The summed E-state index contributed by atoms with van der Waals surface area (Å²) in [6, 6.07) is 3.79. The SMILES string of the molecule is COC(CCn1cnc2c(NC(=O)CCCSC(C)=O)nc(Cl)nc21)COC(=O)CC(C)(C)c1c(C)cc(C)cc1OC(C)=O. The molecule has 2 aromatic heterocycles. The largest absolute Gasteiger partial charge is 0.463 e. The van der Waals surface area contributed by atoms with Crippen LogP contribution in [-0.2, 0) is 40.6 Å². The lowest BCUT2D eigenvalue weighted by Gasteiger charge is -2.29. The Bertz CT molecular complexity index is 1560. The highest BCUT2D eigenvalue weighted by molar-refractivity contribution is 8.13. The molecule has 0 saturated heterocycles. The minimum absolute atomic E-state index is 0.00680. The Balaban J connectivity index is 1.61. The summed E-state index contributed by atoms with van der Waals surface area (Å²) in [5.74, 6) is 0.0794. The number of nitrogens with zero attached hydrogens (tertiary/aromatic N) is 4. The summed E-state index contributed by atoms with van der Waals surface area (Å²) in [6.07, 6.45) is 2.43. The fourth-order valence-electron chi connectivity index (χ4n) is 5.08. The number of nitrogens with one attached hydrogen (secondary N) is 1. The third-order valence-corrected chi connectivity index (χ3v) is 8.03. The Morgan fingerprint density at radius 2 is 1.87 bits per heavy atom. The van der Waals surface area contributed by atoms with Crippen molar-refractivity contribution in [2.24, 2.45) is 0 Å². The Kier molecular flexibility index (Phi) is 12.9. The second kappa shape index (κ2) is 16.1. The van der Waals surface area contributed by atoms with E-state index >= 15 is 0 Å². The summed E-state index contributed by atoms with van der Waals surface area (Å²) in [6.45, 7) is 10.9. The average molecular weight is 662 g/mol. The highest BCUT2D eigenvalue weighted by atomic mass is 35.5. The van der Waals surface area contributed by atoms with Gasteiger partial charge in [0.1, 0.15) is 12.4 Å². The van der Waals surface area contributed by atoms with Crippen molar-refractivity contribution in [1.82, 2.24) is 19.5 Å². The number of aryl methyl sites for hydroxylation is 3. The Labute approximate surface area is 272 Å². The van der Waals surface area contributed by atoms with Crippen LogP contribution in [0, 0.1) is 13.8 Å². The zero-order valence-electron chi connectivity index (χ0n) is 26.7. The molecule has 2 heterocycles. The lowest BCUT2D eigenvalue weighted by molar-refractivity contribution is -0.148. The van der Waals surface area contributed by atoms with Gasteiger partial charge in [0.05, 0.1) is 18.9 Å². The van der Waals surface area contributed by atoms with Gasteiger partial charge in [-0.2, -0.15) is 9.97 Å². The molecule has 12 nitrogen and oxygen atoms in total. The van der Waals surface area contributed by atoms with E-state index in [9.17, 15) is 19.2 Å². The van der Waals surface area contributed by atoms with Gasteiger partial charge in [-0.25, -0.2) is 4.98 Å². The van der Waals surface area contributed by atoms with Gasteiger partial charge in [-0.3, -0.25) is 19.2 Å². The van der Waals surface area contributed by atoms with Crippen molar-refractivity contribution >= 4 is 63.3 Å². The van der Waals surface area contributed by atoms with Crippen molar-refractivity contribution in [2.45, 2.75) is 85.3 Å². The number of ether oxygens (including phenoxy) is 3. The van der Waals surface area contributed by atoms with Gasteiger partial charge >= 0.3 is 11.9 Å². The van der Waals surface area contributed by atoms with E-state index in [1.165, 1.54) is 32.7 Å². The topological polar surface area (TPSA) is 152 Å². The zero-order valence-corrected chi connectivity index (χ0v) is 28.3. The van der Waals surface area contributed by atoms with Crippen LogP contribution in [0.2, 0.25) is 5.28 Å². The highest BCUT2D eigenvalue weighted by Gasteiger charge is 2.31. The second-order valence-electron chi connectivity index (χ2n) is 11.4. The number of hydrogen-bond donors (Lipinski definition) is 1. The molecule has 14 heteroatoms. The Morgan fingerprint density at radius 1 is 1.13 bits per heavy atom. The fourth-order valence-corrected chi connectivity index (χ4v) is 5.82. The van der Waals surface area contributed by atoms with Gasteiger partial charge in [-0.1, -0.05) is 31.7 Å². The Hall–Kier alpha value is -3.55. The Morgan fingerprint density at radius 3 is 2.53 bits per heavy atom. The smallest absolute Gasteiger partial charge is 0.308 e. The maximum Gasteiger partial charge on any atom is 0.308 e. The van der Waals surface area contributed by atoms with E-state index in [2.05, 4.69) is 20.3 Å². The molecule has 0 aliphatic heterocycles. The fraction of sp³-hybridized carbons (Fsp3) is 0.516. The number of hydrogen-bond acceptors (Lipinski definition) is 11. The molecule has 0 bridgehead atoms. The van der Waals surface area contributed by atoms with Gasteiger partial charge in [0.15, 0.2) is 22.1 Å². The summed E-state index contributed by atoms with van der Waals surface area (Å²) in [5, 5.41) is 2.69. The third-order valence-electron chi connectivity index (χ3n) is 6.96. The first-order valence-corrected chi connectivity index (χ1v) is 15.9. The molecular formula is C31H40ClN5O7S. The standard InChI is InChI=1S/C31H40ClN5O7S/c1-18-13-19(2)26(23(14-18)44-20(3)38)31(5,6)15-25(41)43-16-22(42-7)10-11-37-17-33-27-28(35-30(32)36-29(27)37)34-24(40)9-8-12-45-21(4)39/h13-14,17,22H,8-12,15-16H2,1-7H3,(H,34,35,36,40).